The van der Waals surface area contributed by atoms with Crippen molar-refractivity contribution in [2.24, 2.45) is 0 Å². The van der Waals surface area contributed by atoms with Crippen LogP contribution in [0.4, 0.5) is 0 Å². The van der Waals surface area contributed by atoms with Crippen molar-refractivity contribution in [2.75, 3.05) is 13.2 Å². The van der Waals surface area contributed by atoms with E-state index in [0.717, 1.165) is 17.4 Å². The number of benzene rings is 2. The summed E-state index contributed by atoms with van der Waals surface area (Å²) in [6.45, 7) is 12.9. The Balaban J connectivity index is 2.07. The Morgan fingerprint density at radius 3 is 2.04 bits per heavy atom. The molecule has 0 fully saturated rings. The van der Waals surface area contributed by atoms with Crippen molar-refractivity contribution in [1.82, 2.24) is 0 Å². The van der Waals surface area contributed by atoms with Crippen molar-refractivity contribution in [3.8, 4) is 11.5 Å². The molecule has 2 rings (SSSR count). The number of carbonyl (C=O) groups excluding carboxylic acids is 1. The number of esters is 1. The zero-order valence-corrected chi connectivity index (χ0v) is 16.5. The smallest absolute Gasteiger partial charge is 0.335 e. The van der Waals surface area contributed by atoms with Gasteiger partial charge in [0.15, 0.2) is 0 Å². The molecular weight excluding hydrogens is 340 g/mol. The van der Waals surface area contributed by atoms with Gasteiger partial charge in [0.2, 0.25) is 0 Å². The van der Waals surface area contributed by atoms with E-state index in [1.807, 2.05) is 38.1 Å². The average Bonchev–Trinajstić information content (AvgIpc) is 2.67. The van der Waals surface area contributed by atoms with Crippen LogP contribution in [0.3, 0.4) is 0 Å². The molecule has 1 atom stereocenters. The number of carbonyl (C=O) groups is 1. The summed E-state index contributed by atoms with van der Waals surface area (Å²) >= 11 is 0. The molecule has 0 aromatic heterocycles. The monoisotopic (exact) mass is 368 g/mol. The van der Waals surface area contributed by atoms with E-state index >= 15 is 0 Å². The van der Waals surface area contributed by atoms with Crippen LogP contribution in [0, 0.1) is 0 Å². The summed E-state index contributed by atoms with van der Waals surface area (Å²) in [5, 5.41) is 0. The molecule has 0 heterocycles. The van der Waals surface area contributed by atoms with Crippen LogP contribution in [0.5, 0.6) is 11.5 Å². The maximum atomic E-state index is 11.3. The molecule has 0 radical (unpaired) electrons. The second-order valence-corrected chi connectivity index (χ2v) is 6.88. The molecule has 144 valence electrons. The summed E-state index contributed by atoms with van der Waals surface area (Å²) < 4.78 is 16.4. The second kappa shape index (κ2) is 9.38. The standard InChI is InChI=1S/C23H28O4/c1-6-22(24)27-21-14-10-19(11-15-21)23(4,5)18-8-12-20(13-9-18)26-16-17(3)25-7-2/h6,8-15,17H,1,7,16H2,2-5H3. The predicted molar refractivity (Wildman–Crippen MR) is 107 cm³/mol. The molecule has 2 aromatic rings. The molecule has 0 aliphatic carbocycles. The fraction of sp³-hybridized carbons (Fsp3) is 0.348. The minimum absolute atomic E-state index is 0.0693. The summed E-state index contributed by atoms with van der Waals surface area (Å²) in [6, 6.07) is 15.7. The molecule has 27 heavy (non-hydrogen) atoms. The Labute approximate surface area is 161 Å². The van der Waals surface area contributed by atoms with E-state index in [-0.39, 0.29) is 11.5 Å². The topological polar surface area (TPSA) is 44.8 Å². The van der Waals surface area contributed by atoms with E-state index in [4.69, 9.17) is 14.2 Å². The molecule has 0 N–H and O–H groups in total. The molecule has 0 saturated carbocycles. The van der Waals surface area contributed by atoms with Crippen LogP contribution in [-0.2, 0) is 14.9 Å². The van der Waals surface area contributed by atoms with Gasteiger partial charge in [-0.05, 0) is 49.2 Å². The van der Waals surface area contributed by atoms with Crippen molar-refractivity contribution >= 4 is 5.97 Å². The van der Waals surface area contributed by atoms with Gasteiger partial charge in [0.05, 0.1) is 6.10 Å². The van der Waals surface area contributed by atoms with Crippen molar-refractivity contribution in [2.45, 2.75) is 39.2 Å². The molecule has 4 heteroatoms. The van der Waals surface area contributed by atoms with Gasteiger partial charge in [-0.1, -0.05) is 44.7 Å². The zero-order chi connectivity index (χ0) is 19.9. The normalized spacial score (nSPS) is 12.3. The minimum atomic E-state index is -0.462. The Morgan fingerprint density at radius 1 is 1.04 bits per heavy atom. The highest BCUT2D eigenvalue weighted by Gasteiger charge is 2.23. The molecule has 0 aliphatic heterocycles. The SMILES string of the molecule is C=CC(=O)Oc1ccc(C(C)(C)c2ccc(OCC(C)OCC)cc2)cc1. The zero-order valence-electron chi connectivity index (χ0n) is 16.5. The summed E-state index contributed by atoms with van der Waals surface area (Å²) in [5.74, 6) is 0.871. The molecule has 1 unspecified atom stereocenters. The van der Waals surface area contributed by atoms with Crippen LogP contribution < -0.4 is 9.47 Å². The minimum Gasteiger partial charge on any atom is -0.491 e. The summed E-state index contributed by atoms with van der Waals surface area (Å²) in [7, 11) is 0. The van der Waals surface area contributed by atoms with Gasteiger partial charge in [0, 0.05) is 18.1 Å². The third-order valence-electron chi connectivity index (χ3n) is 4.47. The van der Waals surface area contributed by atoms with Crippen molar-refractivity contribution in [1.29, 1.82) is 0 Å². The Hall–Kier alpha value is -2.59. The van der Waals surface area contributed by atoms with Crippen molar-refractivity contribution in [3.63, 3.8) is 0 Å². The third kappa shape index (κ3) is 5.69. The van der Waals surface area contributed by atoms with Gasteiger partial charge < -0.3 is 14.2 Å². The highest BCUT2D eigenvalue weighted by molar-refractivity contribution is 5.83. The lowest BCUT2D eigenvalue weighted by atomic mass is 9.78. The van der Waals surface area contributed by atoms with Crippen LogP contribution in [0.15, 0.2) is 61.2 Å². The Bertz CT molecular complexity index is 745. The van der Waals surface area contributed by atoms with Crippen molar-refractivity contribution in [3.05, 3.63) is 72.3 Å². The van der Waals surface area contributed by atoms with Gasteiger partial charge in [0.1, 0.15) is 18.1 Å². The van der Waals surface area contributed by atoms with Crippen molar-refractivity contribution < 1.29 is 19.0 Å². The second-order valence-electron chi connectivity index (χ2n) is 6.88. The summed E-state index contributed by atoms with van der Waals surface area (Å²) in [4.78, 5) is 11.3. The van der Waals surface area contributed by atoms with Crippen LogP contribution in [0.1, 0.15) is 38.8 Å². The van der Waals surface area contributed by atoms with Gasteiger partial charge in [-0.15, -0.1) is 0 Å². The number of hydrogen-bond acceptors (Lipinski definition) is 4. The predicted octanol–water partition coefficient (Wildman–Crippen LogP) is 4.91. The highest BCUT2D eigenvalue weighted by atomic mass is 16.5. The highest BCUT2D eigenvalue weighted by Crippen LogP contribution is 2.33. The molecule has 0 amide bonds. The number of ether oxygens (including phenoxy) is 3. The fourth-order valence-electron chi connectivity index (χ4n) is 2.78. The molecule has 0 aliphatic rings. The Kier molecular flexibility index (Phi) is 7.19. The maximum Gasteiger partial charge on any atom is 0.335 e. The molecule has 0 spiro atoms. The van der Waals surface area contributed by atoms with Crippen LogP contribution >= 0.6 is 0 Å². The van der Waals surface area contributed by atoms with Gasteiger partial charge in [-0.3, -0.25) is 0 Å². The maximum absolute atomic E-state index is 11.3. The van der Waals surface area contributed by atoms with Crippen LogP contribution in [-0.4, -0.2) is 25.3 Å². The lowest BCUT2D eigenvalue weighted by Crippen LogP contribution is -2.19. The van der Waals surface area contributed by atoms with Gasteiger partial charge in [-0.2, -0.15) is 0 Å². The van der Waals surface area contributed by atoms with E-state index in [9.17, 15) is 4.79 Å². The number of rotatable bonds is 9. The first kappa shape index (κ1) is 20.7. The first-order chi connectivity index (χ1) is 12.9. The number of hydrogen-bond donors (Lipinski definition) is 0. The average molecular weight is 368 g/mol. The lowest BCUT2D eigenvalue weighted by Gasteiger charge is -2.26. The summed E-state index contributed by atoms with van der Waals surface area (Å²) in [5.41, 5.74) is 2.10. The van der Waals surface area contributed by atoms with Gasteiger partial charge >= 0.3 is 5.97 Å². The third-order valence-corrected chi connectivity index (χ3v) is 4.47. The van der Waals surface area contributed by atoms with Crippen LogP contribution in [0.25, 0.3) is 0 Å². The summed E-state index contributed by atoms with van der Waals surface area (Å²) in [6.07, 6.45) is 1.22. The van der Waals surface area contributed by atoms with E-state index in [2.05, 4.69) is 32.6 Å². The Morgan fingerprint density at radius 2 is 1.56 bits per heavy atom. The van der Waals surface area contributed by atoms with E-state index < -0.39 is 5.97 Å². The van der Waals surface area contributed by atoms with Gasteiger partial charge in [-0.25, -0.2) is 4.79 Å². The van der Waals surface area contributed by atoms with E-state index in [0.29, 0.717) is 19.0 Å². The molecule has 2 aromatic carbocycles. The van der Waals surface area contributed by atoms with E-state index in [1.54, 1.807) is 12.1 Å². The quantitative estimate of drug-likeness (QED) is 0.358. The fourth-order valence-corrected chi connectivity index (χ4v) is 2.78. The van der Waals surface area contributed by atoms with E-state index in [1.165, 1.54) is 5.56 Å². The lowest BCUT2D eigenvalue weighted by molar-refractivity contribution is -0.128. The molecular formula is C23H28O4. The molecule has 0 bridgehead atoms. The van der Waals surface area contributed by atoms with Gasteiger partial charge in [0.25, 0.3) is 0 Å². The molecule has 4 nitrogen and oxygen atoms in total. The van der Waals surface area contributed by atoms with Crippen LogP contribution in [0.2, 0.25) is 0 Å². The first-order valence-electron chi connectivity index (χ1n) is 9.16. The largest absolute Gasteiger partial charge is 0.491 e. The first-order valence-corrected chi connectivity index (χ1v) is 9.16. The molecule has 0 saturated heterocycles.